The molecule has 23 heavy (non-hydrogen) atoms. The van der Waals surface area contributed by atoms with E-state index in [1.165, 1.54) is 0 Å². The highest BCUT2D eigenvalue weighted by atomic mass is 35.5. The smallest absolute Gasteiger partial charge is 0.424 e. The van der Waals surface area contributed by atoms with E-state index >= 15 is 0 Å². The zero-order valence-corrected chi connectivity index (χ0v) is 12.0. The molecule has 0 saturated carbocycles. The predicted octanol–water partition coefficient (Wildman–Crippen LogP) is 4.10. The van der Waals surface area contributed by atoms with Crippen molar-refractivity contribution in [2.45, 2.75) is 18.5 Å². The van der Waals surface area contributed by atoms with E-state index in [4.69, 9.17) is 23.2 Å². The molecular weight excluding hydrogens is 377 g/mol. The van der Waals surface area contributed by atoms with Crippen molar-refractivity contribution in [3.8, 4) is 5.88 Å². The Labute approximate surface area is 133 Å². The van der Waals surface area contributed by atoms with Gasteiger partial charge in [-0.15, -0.1) is 0 Å². The standard InChI is InChI=1S/C11H4Cl2F6N2O2/c12-3-1-5-6(2-4(3)13)21-8(7(22)20-5)23-10(16,9(14)15)11(17,18)19/h1-2,9H,(H,20,22). The van der Waals surface area contributed by atoms with Crippen LogP contribution in [0.1, 0.15) is 0 Å². The van der Waals surface area contributed by atoms with Gasteiger partial charge in [0.05, 0.1) is 21.1 Å². The third kappa shape index (κ3) is 3.18. The Morgan fingerprint density at radius 3 is 2.22 bits per heavy atom. The highest BCUT2D eigenvalue weighted by Gasteiger charge is 2.66. The Hall–Kier alpha value is -1.68. The Bertz CT molecular complexity index is 809. The van der Waals surface area contributed by atoms with Crippen LogP contribution in [0, 0.1) is 0 Å². The number of aromatic amines is 1. The fourth-order valence-corrected chi connectivity index (χ4v) is 1.82. The van der Waals surface area contributed by atoms with Gasteiger partial charge in [0, 0.05) is 0 Å². The Balaban J connectivity index is 2.58. The molecule has 0 bridgehead atoms. The summed E-state index contributed by atoms with van der Waals surface area (Å²) < 4.78 is 79.3. The largest absolute Gasteiger partial charge is 0.466 e. The van der Waals surface area contributed by atoms with Crippen molar-refractivity contribution < 1.29 is 31.1 Å². The third-order valence-electron chi connectivity index (χ3n) is 2.62. The molecule has 1 heterocycles. The van der Waals surface area contributed by atoms with Crippen molar-refractivity contribution in [3.63, 3.8) is 0 Å². The first-order valence-corrected chi connectivity index (χ1v) is 6.33. The van der Waals surface area contributed by atoms with Gasteiger partial charge < -0.3 is 9.72 Å². The lowest BCUT2D eigenvalue weighted by Crippen LogP contribution is -2.53. The molecule has 0 radical (unpaired) electrons. The van der Waals surface area contributed by atoms with Gasteiger partial charge >= 0.3 is 24.0 Å². The van der Waals surface area contributed by atoms with Crippen LogP contribution in [-0.4, -0.2) is 28.4 Å². The number of rotatable bonds is 3. The lowest BCUT2D eigenvalue weighted by Gasteiger charge is -2.26. The van der Waals surface area contributed by atoms with E-state index < -0.39 is 29.9 Å². The van der Waals surface area contributed by atoms with Crippen LogP contribution in [-0.2, 0) is 0 Å². The summed E-state index contributed by atoms with van der Waals surface area (Å²) in [6.45, 7) is 0. The number of fused-ring (bicyclic) bond motifs is 1. The molecule has 1 aromatic heterocycles. The van der Waals surface area contributed by atoms with Crippen molar-refractivity contribution in [1.29, 1.82) is 0 Å². The maximum Gasteiger partial charge on any atom is 0.466 e. The van der Waals surface area contributed by atoms with E-state index in [1.807, 2.05) is 4.98 Å². The monoisotopic (exact) mass is 380 g/mol. The molecule has 0 aliphatic rings. The Morgan fingerprint density at radius 2 is 1.70 bits per heavy atom. The Morgan fingerprint density at radius 1 is 1.13 bits per heavy atom. The van der Waals surface area contributed by atoms with E-state index in [0.29, 0.717) is 0 Å². The van der Waals surface area contributed by atoms with Gasteiger partial charge in [-0.05, 0) is 12.1 Å². The molecule has 2 aromatic rings. The zero-order valence-electron chi connectivity index (χ0n) is 10.5. The van der Waals surface area contributed by atoms with Crippen molar-refractivity contribution in [2.24, 2.45) is 0 Å². The number of benzene rings is 1. The van der Waals surface area contributed by atoms with E-state index in [9.17, 15) is 31.1 Å². The first kappa shape index (κ1) is 17.7. The quantitative estimate of drug-likeness (QED) is 0.815. The molecule has 0 saturated heterocycles. The van der Waals surface area contributed by atoms with Crippen LogP contribution in [0.5, 0.6) is 5.88 Å². The fraction of sp³-hybridized carbons (Fsp3) is 0.273. The molecule has 1 unspecified atom stereocenters. The maximum absolute atomic E-state index is 13.5. The summed E-state index contributed by atoms with van der Waals surface area (Å²) in [5.41, 5.74) is -1.76. The first-order chi connectivity index (χ1) is 10.5. The van der Waals surface area contributed by atoms with Gasteiger partial charge in [0.1, 0.15) is 0 Å². The van der Waals surface area contributed by atoms with Crippen LogP contribution in [0.4, 0.5) is 26.3 Å². The number of alkyl halides is 6. The van der Waals surface area contributed by atoms with Gasteiger partial charge in [-0.3, -0.25) is 4.79 Å². The Kier molecular flexibility index (Phi) is 4.42. The summed E-state index contributed by atoms with van der Waals surface area (Å²) in [6, 6.07) is 2.15. The molecule has 4 nitrogen and oxygen atoms in total. The number of halogens is 8. The van der Waals surface area contributed by atoms with Crippen LogP contribution in [0.3, 0.4) is 0 Å². The van der Waals surface area contributed by atoms with Crippen LogP contribution in [0.25, 0.3) is 11.0 Å². The molecule has 126 valence electrons. The summed E-state index contributed by atoms with van der Waals surface area (Å²) in [5, 5.41) is -0.0890. The van der Waals surface area contributed by atoms with Gasteiger partial charge in [0.15, 0.2) is 0 Å². The fourth-order valence-electron chi connectivity index (χ4n) is 1.50. The van der Waals surface area contributed by atoms with Gasteiger partial charge in [-0.25, -0.2) is 13.8 Å². The number of aromatic nitrogens is 2. The molecule has 0 aliphatic heterocycles. The van der Waals surface area contributed by atoms with E-state index in [-0.39, 0.29) is 21.1 Å². The maximum atomic E-state index is 13.5. The summed E-state index contributed by atoms with van der Waals surface area (Å²) in [4.78, 5) is 16.8. The molecule has 0 spiro atoms. The molecule has 0 amide bonds. The summed E-state index contributed by atoms with van der Waals surface area (Å²) in [6.07, 6.45) is -10.7. The zero-order chi connectivity index (χ0) is 17.6. The second-order valence-electron chi connectivity index (χ2n) is 4.20. The first-order valence-electron chi connectivity index (χ1n) is 5.57. The average molecular weight is 381 g/mol. The molecule has 1 aromatic carbocycles. The van der Waals surface area contributed by atoms with Crippen molar-refractivity contribution in [3.05, 3.63) is 32.5 Å². The molecule has 1 atom stereocenters. The minimum atomic E-state index is -6.10. The van der Waals surface area contributed by atoms with E-state index in [2.05, 4.69) is 9.72 Å². The molecular formula is C11H4Cl2F6N2O2. The van der Waals surface area contributed by atoms with Gasteiger partial charge in [0.2, 0.25) is 0 Å². The molecule has 0 fully saturated rings. The van der Waals surface area contributed by atoms with Crippen molar-refractivity contribution in [2.75, 3.05) is 0 Å². The summed E-state index contributed by atoms with van der Waals surface area (Å²) in [5.74, 6) is -6.92. The lowest BCUT2D eigenvalue weighted by molar-refractivity contribution is -0.341. The van der Waals surface area contributed by atoms with Crippen LogP contribution >= 0.6 is 23.2 Å². The second kappa shape index (κ2) is 5.75. The number of hydrogen-bond donors (Lipinski definition) is 1. The van der Waals surface area contributed by atoms with Crippen molar-refractivity contribution >= 4 is 34.2 Å². The summed E-state index contributed by atoms with van der Waals surface area (Å²) >= 11 is 11.3. The highest BCUT2D eigenvalue weighted by molar-refractivity contribution is 6.42. The number of ether oxygens (including phenoxy) is 1. The van der Waals surface area contributed by atoms with E-state index in [1.54, 1.807) is 0 Å². The van der Waals surface area contributed by atoms with Crippen molar-refractivity contribution in [1.82, 2.24) is 9.97 Å². The van der Waals surface area contributed by atoms with Gasteiger partial charge in [-0.2, -0.15) is 17.6 Å². The van der Waals surface area contributed by atoms with Crippen LogP contribution < -0.4 is 10.3 Å². The minimum absolute atomic E-state index is 0.00649. The number of H-pyrrole nitrogens is 1. The molecule has 2 rings (SSSR count). The topological polar surface area (TPSA) is 55.0 Å². The second-order valence-corrected chi connectivity index (χ2v) is 5.01. The van der Waals surface area contributed by atoms with Gasteiger partial charge in [-0.1, -0.05) is 23.2 Å². The molecule has 12 heteroatoms. The van der Waals surface area contributed by atoms with Gasteiger partial charge in [0.25, 0.3) is 5.88 Å². The highest BCUT2D eigenvalue weighted by Crippen LogP contribution is 2.39. The van der Waals surface area contributed by atoms with Crippen LogP contribution in [0.15, 0.2) is 16.9 Å². The third-order valence-corrected chi connectivity index (χ3v) is 3.34. The normalized spacial score (nSPS) is 15.0. The number of hydrogen-bond acceptors (Lipinski definition) is 3. The SMILES string of the molecule is O=c1[nH]c2cc(Cl)c(Cl)cc2nc1OC(F)(C(F)F)C(F)(F)F. The average Bonchev–Trinajstić information content (AvgIpc) is 2.40. The minimum Gasteiger partial charge on any atom is -0.424 e. The van der Waals surface area contributed by atoms with Crippen LogP contribution in [0.2, 0.25) is 10.0 Å². The predicted molar refractivity (Wildman–Crippen MR) is 68.9 cm³/mol. The molecule has 0 aliphatic carbocycles. The summed E-state index contributed by atoms with van der Waals surface area (Å²) in [7, 11) is 0. The molecule has 1 N–H and O–H groups in total. The van der Waals surface area contributed by atoms with E-state index in [0.717, 1.165) is 12.1 Å². The lowest BCUT2D eigenvalue weighted by atomic mass is 10.3. The number of nitrogens with one attached hydrogen (secondary N) is 1. The number of nitrogens with zero attached hydrogens (tertiary/aromatic N) is 1.